The van der Waals surface area contributed by atoms with Crippen molar-refractivity contribution >= 4 is 0 Å². The van der Waals surface area contributed by atoms with Crippen molar-refractivity contribution in [3.63, 3.8) is 0 Å². The molecule has 0 aliphatic rings. The van der Waals surface area contributed by atoms with Gasteiger partial charge in [-0.3, -0.25) is 0 Å². The molecular formula is C14H22FNO2. The summed E-state index contributed by atoms with van der Waals surface area (Å²) >= 11 is 0. The van der Waals surface area contributed by atoms with Gasteiger partial charge in [-0.1, -0.05) is 12.1 Å². The van der Waals surface area contributed by atoms with E-state index < -0.39 is 0 Å². The zero-order chi connectivity index (χ0) is 13.1. The van der Waals surface area contributed by atoms with Gasteiger partial charge in [0, 0.05) is 13.7 Å². The molecule has 0 bridgehead atoms. The highest BCUT2D eigenvalue weighted by Gasteiger charge is 1.95. The Morgan fingerprint density at radius 1 is 1.17 bits per heavy atom. The molecule has 0 atom stereocenters. The Balaban J connectivity index is 1.92. The van der Waals surface area contributed by atoms with E-state index >= 15 is 0 Å². The molecule has 1 rings (SSSR count). The molecule has 0 aliphatic heterocycles. The van der Waals surface area contributed by atoms with Crippen molar-refractivity contribution in [1.29, 1.82) is 0 Å². The topological polar surface area (TPSA) is 30.5 Å². The van der Waals surface area contributed by atoms with Crippen LogP contribution in [-0.2, 0) is 15.9 Å². The minimum absolute atomic E-state index is 0.168. The molecule has 1 aromatic rings. The highest BCUT2D eigenvalue weighted by Crippen LogP contribution is 2.03. The van der Waals surface area contributed by atoms with Gasteiger partial charge in [0.05, 0.1) is 13.2 Å². The third-order valence-electron chi connectivity index (χ3n) is 2.55. The van der Waals surface area contributed by atoms with Crippen LogP contribution < -0.4 is 5.32 Å². The number of halogens is 1. The van der Waals surface area contributed by atoms with E-state index in [9.17, 15) is 4.39 Å². The number of methoxy groups -OCH3 is 1. The average molecular weight is 255 g/mol. The summed E-state index contributed by atoms with van der Waals surface area (Å²) in [6, 6.07) is 6.73. The maximum absolute atomic E-state index is 12.9. The molecule has 0 fully saturated rings. The van der Waals surface area contributed by atoms with E-state index in [-0.39, 0.29) is 5.82 Å². The van der Waals surface area contributed by atoms with Gasteiger partial charge in [0.25, 0.3) is 0 Å². The standard InChI is InChI=1S/C14H22FNO2/c1-17-10-11-18-9-3-7-16-8-6-13-4-2-5-14(15)12-13/h2,4-5,12,16H,3,6-11H2,1H3. The van der Waals surface area contributed by atoms with E-state index in [1.165, 1.54) is 6.07 Å². The molecule has 3 nitrogen and oxygen atoms in total. The fourth-order valence-electron chi connectivity index (χ4n) is 1.59. The van der Waals surface area contributed by atoms with Gasteiger partial charge in [-0.15, -0.1) is 0 Å². The summed E-state index contributed by atoms with van der Waals surface area (Å²) in [5, 5.41) is 3.31. The van der Waals surface area contributed by atoms with Crippen molar-refractivity contribution in [3.05, 3.63) is 35.6 Å². The highest BCUT2D eigenvalue weighted by molar-refractivity contribution is 5.16. The summed E-state index contributed by atoms with van der Waals surface area (Å²) in [5.41, 5.74) is 1.03. The van der Waals surface area contributed by atoms with E-state index in [4.69, 9.17) is 9.47 Å². The van der Waals surface area contributed by atoms with E-state index in [0.29, 0.717) is 13.2 Å². The zero-order valence-electron chi connectivity index (χ0n) is 11.0. The van der Waals surface area contributed by atoms with Crippen molar-refractivity contribution in [1.82, 2.24) is 5.32 Å². The number of nitrogens with one attached hydrogen (secondary N) is 1. The van der Waals surface area contributed by atoms with Crippen LogP contribution in [0.1, 0.15) is 12.0 Å². The largest absolute Gasteiger partial charge is 0.382 e. The number of ether oxygens (including phenoxy) is 2. The molecule has 0 aliphatic carbocycles. The summed E-state index contributed by atoms with van der Waals surface area (Å²) in [7, 11) is 1.66. The van der Waals surface area contributed by atoms with E-state index in [0.717, 1.165) is 38.1 Å². The van der Waals surface area contributed by atoms with Gasteiger partial charge in [-0.2, -0.15) is 0 Å². The average Bonchev–Trinajstić information content (AvgIpc) is 2.37. The second-order valence-corrected chi connectivity index (χ2v) is 4.09. The fourth-order valence-corrected chi connectivity index (χ4v) is 1.59. The molecule has 0 unspecified atom stereocenters. The van der Waals surface area contributed by atoms with Gasteiger partial charge in [-0.25, -0.2) is 4.39 Å². The van der Waals surface area contributed by atoms with Crippen molar-refractivity contribution in [2.75, 3.05) is 40.0 Å². The van der Waals surface area contributed by atoms with E-state index in [1.807, 2.05) is 6.07 Å². The Morgan fingerprint density at radius 3 is 2.83 bits per heavy atom. The monoisotopic (exact) mass is 255 g/mol. The van der Waals surface area contributed by atoms with Crippen molar-refractivity contribution in [3.8, 4) is 0 Å². The van der Waals surface area contributed by atoms with Crippen molar-refractivity contribution in [2.45, 2.75) is 12.8 Å². The molecule has 0 radical (unpaired) electrons. The lowest BCUT2D eigenvalue weighted by atomic mass is 10.1. The fraction of sp³-hybridized carbons (Fsp3) is 0.571. The maximum Gasteiger partial charge on any atom is 0.123 e. The van der Waals surface area contributed by atoms with Crippen LogP contribution in [0.15, 0.2) is 24.3 Å². The molecular weight excluding hydrogens is 233 g/mol. The Labute approximate surface area is 108 Å². The normalized spacial score (nSPS) is 10.8. The van der Waals surface area contributed by atoms with Crippen LogP contribution in [0.2, 0.25) is 0 Å². The van der Waals surface area contributed by atoms with Crippen LogP contribution in [0.5, 0.6) is 0 Å². The summed E-state index contributed by atoms with van der Waals surface area (Å²) in [6.07, 6.45) is 1.83. The van der Waals surface area contributed by atoms with Crippen LogP contribution in [0.4, 0.5) is 4.39 Å². The lowest BCUT2D eigenvalue weighted by Gasteiger charge is -2.06. The first-order chi connectivity index (χ1) is 8.83. The number of hydrogen-bond acceptors (Lipinski definition) is 3. The molecule has 0 saturated heterocycles. The maximum atomic E-state index is 12.9. The third kappa shape index (κ3) is 7.37. The Kier molecular flexibility index (Phi) is 8.38. The number of rotatable bonds is 10. The van der Waals surface area contributed by atoms with Gasteiger partial charge in [0.15, 0.2) is 0 Å². The SMILES string of the molecule is COCCOCCCNCCc1cccc(F)c1. The van der Waals surface area contributed by atoms with Crippen LogP contribution in [-0.4, -0.2) is 40.0 Å². The Hall–Kier alpha value is -0.970. The van der Waals surface area contributed by atoms with Crippen molar-refractivity contribution < 1.29 is 13.9 Å². The second kappa shape index (κ2) is 10.00. The first-order valence-corrected chi connectivity index (χ1v) is 6.35. The van der Waals surface area contributed by atoms with Gasteiger partial charge in [0.2, 0.25) is 0 Å². The first-order valence-electron chi connectivity index (χ1n) is 6.35. The van der Waals surface area contributed by atoms with E-state index in [1.54, 1.807) is 19.2 Å². The molecule has 102 valence electrons. The molecule has 0 amide bonds. The molecule has 0 aromatic heterocycles. The van der Waals surface area contributed by atoms with Crippen molar-refractivity contribution in [2.24, 2.45) is 0 Å². The van der Waals surface area contributed by atoms with Gasteiger partial charge in [-0.05, 0) is 43.6 Å². The Bertz CT molecular complexity index is 320. The molecule has 18 heavy (non-hydrogen) atoms. The van der Waals surface area contributed by atoms with E-state index in [2.05, 4.69) is 5.32 Å². The summed E-state index contributed by atoms with van der Waals surface area (Å²) in [6.45, 7) is 3.83. The smallest absolute Gasteiger partial charge is 0.123 e. The summed E-state index contributed by atoms with van der Waals surface area (Å²) < 4.78 is 23.1. The second-order valence-electron chi connectivity index (χ2n) is 4.09. The minimum atomic E-state index is -0.168. The quantitative estimate of drug-likeness (QED) is 0.649. The van der Waals surface area contributed by atoms with Crippen LogP contribution in [0.25, 0.3) is 0 Å². The molecule has 0 saturated carbocycles. The van der Waals surface area contributed by atoms with Gasteiger partial charge >= 0.3 is 0 Å². The van der Waals surface area contributed by atoms with Crippen LogP contribution in [0, 0.1) is 5.82 Å². The molecule has 0 heterocycles. The predicted octanol–water partition coefficient (Wildman–Crippen LogP) is 2.01. The Morgan fingerprint density at radius 2 is 2.06 bits per heavy atom. The number of hydrogen-bond donors (Lipinski definition) is 1. The third-order valence-corrected chi connectivity index (χ3v) is 2.55. The lowest BCUT2D eigenvalue weighted by Crippen LogP contribution is -2.20. The molecule has 1 N–H and O–H groups in total. The summed E-state index contributed by atoms with van der Waals surface area (Å²) in [5.74, 6) is -0.168. The zero-order valence-corrected chi connectivity index (χ0v) is 11.0. The lowest BCUT2D eigenvalue weighted by molar-refractivity contribution is 0.0695. The first kappa shape index (κ1) is 15.1. The van der Waals surface area contributed by atoms with Crippen LogP contribution in [0.3, 0.4) is 0 Å². The van der Waals surface area contributed by atoms with Gasteiger partial charge in [0.1, 0.15) is 5.82 Å². The number of benzene rings is 1. The predicted molar refractivity (Wildman–Crippen MR) is 70.3 cm³/mol. The highest BCUT2D eigenvalue weighted by atomic mass is 19.1. The summed E-state index contributed by atoms with van der Waals surface area (Å²) in [4.78, 5) is 0. The molecule has 1 aromatic carbocycles. The van der Waals surface area contributed by atoms with Crippen LogP contribution >= 0.6 is 0 Å². The molecule has 0 spiro atoms. The minimum Gasteiger partial charge on any atom is -0.382 e. The molecule has 4 heteroatoms. The van der Waals surface area contributed by atoms with Gasteiger partial charge < -0.3 is 14.8 Å².